The van der Waals surface area contributed by atoms with E-state index in [0.29, 0.717) is 21.4 Å². The van der Waals surface area contributed by atoms with E-state index in [1.165, 1.54) is 37.4 Å². The van der Waals surface area contributed by atoms with Crippen LogP contribution in [0.5, 0.6) is 5.75 Å². The van der Waals surface area contributed by atoms with E-state index in [1.807, 2.05) is 6.92 Å². The van der Waals surface area contributed by atoms with Crippen LogP contribution in [0.3, 0.4) is 0 Å². The molecule has 0 unspecified atom stereocenters. The number of benzene rings is 3. The first-order valence-electron chi connectivity index (χ1n) is 8.16. The molecule has 6 heteroatoms. The van der Waals surface area contributed by atoms with E-state index in [0.717, 1.165) is 15.0 Å². The minimum Gasteiger partial charge on any atom is -0.496 e. The van der Waals surface area contributed by atoms with Gasteiger partial charge in [0.25, 0.3) is 0 Å². The van der Waals surface area contributed by atoms with Crippen LogP contribution in [-0.2, 0) is 0 Å². The summed E-state index contributed by atoms with van der Waals surface area (Å²) in [6.07, 6.45) is 0. The molecule has 0 saturated heterocycles. The van der Waals surface area contributed by atoms with E-state index in [1.54, 1.807) is 18.2 Å². The van der Waals surface area contributed by atoms with Crippen molar-refractivity contribution in [3.63, 3.8) is 0 Å². The number of thiophene rings is 1. The molecule has 0 aliphatic carbocycles. The molecule has 0 fully saturated rings. The van der Waals surface area contributed by atoms with E-state index in [-0.39, 0.29) is 5.56 Å². The van der Waals surface area contributed by atoms with Gasteiger partial charge in [0.05, 0.1) is 17.9 Å². The quantitative estimate of drug-likeness (QED) is 0.438. The zero-order valence-corrected chi connectivity index (χ0v) is 15.4. The maximum absolute atomic E-state index is 13.9. The van der Waals surface area contributed by atoms with E-state index in [2.05, 4.69) is 0 Å². The minimum absolute atomic E-state index is 0.119. The maximum Gasteiger partial charge on any atom is 0.341 e. The molecular weight excluding hydrogens is 370 g/mol. The van der Waals surface area contributed by atoms with E-state index in [4.69, 9.17) is 4.74 Å². The first kappa shape index (κ1) is 17.4. The normalized spacial score (nSPS) is 11.3. The zero-order chi connectivity index (χ0) is 19.3. The average molecular weight is 385 g/mol. The number of halogens is 2. The molecule has 0 spiro atoms. The topological polar surface area (TPSA) is 46.5 Å². The number of hydrogen-bond donors (Lipinski definition) is 1. The van der Waals surface area contributed by atoms with Crippen LogP contribution >= 0.6 is 10.5 Å². The summed E-state index contributed by atoms with van der Waals surface area (Å²) >= 11 is 0. The second-order valence-electron chi connectivity index (χ2n) is 6.21. The molecule has 1 heterocycles. The Labute approximate surface area is 156 Å². The molecular formula is C21H15F2O3S+. The highest BCUT2D eigenvalue weighted by atomic mass is 32.2. The van der Waals surface area contributed by atoms with E-state index >= 15 is 0 Å². The fourth-order valence-electron chi connectivity index (χ4n) is 3.35. The third-order valence-corrected chi connectivity index (χ3v) is 6.93. The number of ether oxygens (including phenoxy) is 1. The number of rotatable bonds is 3. The number of fused-ring (bicyclic) bond motifs is 3. The second-order valence-corrected chi connectivity index (χ2v) is 8.14. The summed E-state index contributed by atoms with van der Waals surface area (Å²) in [5.74, 6) is -1.43. The number of carbonyl (C=O) groups is 1. The van der Waals surface area contributed by atoms with Crippen LogP contribution in [0.2, 0.25) is 0 Å². The molecule has 0 amide bonds. The predicted molar refractivity (Wildman–Crippen MR) is 103 cm³/mol. The highest BCUT2D eigenvalue weighted by Crippen LogP contribution is 2.50. The lowest BCUT2D eigenvalue weighted by Crippen LogP contribution is -2.00. The van der Waals surface area contributed by atoms with Crippen LogP contribution in [0, 0.1) is 18.6 Å². The van der Waals surface area contributed by atoms with Gasteiger partial charge < -0.3 is 9.84 Å². The van der Waals surface area contributed by atoms with Crippen molar-refractivity contribution < 1.29 is 23.4 Å². The van der Waals surface area contributed by atoms with Crippen LogP contribution in [0.25, 0.3) is 25.1 Å². The number of aromatic carboxylic acids is 1. The van der Waals surface area contributed by atoms with Crippen LogP contribution in [0.4, 0.5) is 8.78 Å². The Hall–Kier alpha value is -2.99. The van der Waals surface area contributed by atoms with Crippen molar-refractivity contribution in [3.8, 4) is 10.6 Å². The second kappa shape index (κ2) is 6.32. The molecule has 4 rings (SSSR count). The SMILES string of the molecule is COc1cc(C(=O)O)c(-[s+]2c3ccc(F)cc3c3cc(F)ccc32)cc1C. The maximum atomic E-state index is 13.9. The van der Waals surface area contributed by atoms with Gasteiger partial charge in [0, 0.05) is 34.7 Å². The molecule has 0 aliphatic rings. The van der Waals surface area contributed by atoms with Crippen LogP contribution in [-0.4, -0.2) is 18.2 Å². The first-order valence-corrected chi connectivity index (χ1v) is 9.39. The summed E-state index contributed by atoms with van der Waals surface area (Å²) in [7, 11) is 0.708. The molecule has 0 aliphatic heterocycles. The summed E-state index contributed by atoms with van der Waals surface area (Å²) in [6.45, 7) is 1.84. The monoisotopic (exact) mass is 385 g/mol. The number of hydrogen-bond acceptors (Lipinski definition) is 2. The molecule has 3 aromatic carbocycles. The summed E-state index contributed by atoms with van der Waals surface area (Å²) in [4.78, 5) is 12.5. The van der Waals surface area contributed by atoms with Gasteiger partial charge in [-0.25, -0.2) is 13.6 Å². The predicted octanol–water partition coefficient (Wildman–Crippen LogP) is 6.02. The average Bonchev–Trinajstić information content (AvgIpc) is 2.94. The largest absolute Gasteiger partial charge is 0.496 e. The van der Waals surface area contributed by atoms with Crippen LogP contribution < -0.4 is 4.74 Å². The van der Waals surface area contributed by atoms with Gasteiger partial charge in [-0.05, 0) is 36.8 Å². The highest BCUT2D eigenvalue weighted by Gasteiger charge is 2.30. The fraction of sp³-hybridized carbons (Fsp3) is 0.0952. The van der Waals surface area contributed by atoms with Crippen molar-refractivity contribution in [3.05, 3.63) is 71.3 Å². The molecule has 1 aromatic heterocycles. The van der Waals surface area contributed by atoms with Crippen molar-refractivity contribution in [2.45, 2.75) is 6.92 Å². The van der Waals surface area contributed by atoms with Crippen LogP contribution in [0.1, 0.15) is 15.9 Å². The Morgan fingerprint density at radius 3 is 2.00 bits per heavy atom. The van der Waals surface area contributed by atoms with Gasteiger partial charge in [-0.3, -0.25) is 0 Å². The summed E-state index contributed by atoms with van der Waals surface area (Å²) < 4.78 is 34.5. The van der Waals surface area contributed by atoms with Crippen LogP contribution in [0.15, 0.2) is 48.5 Å². The van der Waals surface area contributed by atoms with Gasteiger partial charge >= 0.3 is 5.97 Å². The van der Waals surface area contributed by atoms with E-state index < -0.39 is 28.1 Å². The summed E-state index contributed by atoms with van der Waals surface area (Å²) in [6, 6.07) is 12.0. The van der Waals surface area contributed by atoms with Crippen molar-refractivity contribution in [1.29, 1.82) is 0 Å². The zero-order valence-electron chi connectivity index (χ0n) is 14.5. The Morgan fingerprint density at radius 2 is 1.52 bits per heavy atom. The van der Waals surface area contributed by atoms with E-state index in [9.17, 15) is 18.7 Å². The first-order chi connectivity index (χ1) is 12.9. The molecule has 1 N–H and O–H groups in total. The molecule has 4 aromatic rings. The van der Waals surface area contributed by atoms with Gasteiger partial charge in [-0.2, -0.15) is 0 Å². The smallest absolute Gasteiger partial charge is 0.341 e. The lowest BCUT2D eigenvalue weighted by Gasteiger charge is -2.07. The van der Waals surface area contributed by atoms with Crippen molar-refractivity contribution in [2.24, 2.45) is 0 Å². The Morgan fingerprint density at radius 1 is 0.963 bits per heavy atom. The minimum atomic E-state index is -1.07. The highest BCUT2D eigenvalue weighted by molar-refractivity contribution is 7.50. The molecule has 3 nitrogen and oxygen atoms in total. The van der Waals surface area contributed by atoms with Crippen molar-refractivity contribution in [1.82, 2.24) is 0 Å². The fourth-order valence-corrected chi connectivity index (χ4v) is 5.91. The molecule has 0 atom stereocenters. The number of methoxy groups -OCH3 is 1. The third-order valence-electron chi connectivity index (χ3n) is 4.56. The Balaban J connectivity index is 2.19. The molecule has 136 valence electrons. The Kier molecular flexibility index (Phi) is 4.08. The van der Waals surface area contributed by atoms with Gasteiger partial charge in [0.1, 0.15) is 22.9 Å². The lowest BCUT2D eigenvalue weighted by molar-refractivity contribution is 0.0697. The molecule has 27 heavy (non-hydrogen) atoms. The van der Waals surface area contributed by atoms with Crippen molar-refractivity contribution >= 4 is 36.6 Å². The summed E-state index contributed by atoms with van der Waals surface area (Å²) in [5, 5.41) is 10.9. The molecule has 0 saturated carbocycles. The summed E-state index contributed by atoms with van der Waals surface area (Å²) in [5.41, 5.74) is 0.914. The van der Waals surface area contributed by atoms with Gasteiger partial charge in [-0.1, -0.05) is 0 Å². The number of aryl methyl sites for hydroxylation is 1. The van der Waals surface area contributed by atoms with Gasteiger partial charge in [0.15, 0.2) is 14.3 Å². The lowest BCUT2D eigenvalue weighted by atomic mass is 10.1. The van der Waals surface area contributed by atoms with Gasteiger partial charge in [-0.15, -0.1) is 0 Å². The number of carboxylic acid groups (broad SMARTS) is 1. The van der Waals surface area contributed by atoms with Crippen molar-refractivity contribution in [2.75, 3.05) is 7.11 Å². The molecule has 0 bridgehead atoms. The molecule has 0 radical (unpaired) electrons. The Bertz CT molecular complexity index is 1170. The standard InChI is InChI=1S/C21H14F2O3S/c1-11-7-20(16(21(24)25)10-17(11)26-2)27-18-5-3-12(22)8-14(18)15-9-13(23)4-6-19(15)27/h3-10H,1-2H3/p+1. The van der Waals surface area contributed by atoms with Gasteiger partial charge in [0.2, 0.25) is 0 Å². The third kappa shape index (κ3) is 2.73. The number of carboxylic acids is 1.